The van der Waals surface area contributed by atoms with Crippen LogP contribution in [0.3, 0.4) is 0 Å². The van der Waals surface area contributed by atoms with Crippen molar-refractivity contribution >= 4 is 5.78 Å². The first-order valence-electron chi connectivity index (χ1n) is 28.4. The SMILES string of the molecule is C=C(C)C(=O)Cc1ccc(-c2ccc(-c3ccc4c(c3)C3(c5cc(-c6ccc7c(c6)C6(c8cc(-c9ccc(C)cc9)ccc8-7)C7(CC)CCCC6(CC)CCC7)ccc5-4)C4(C)CCCC3(C)CCC4)cc2)cc1. The molecule has 73 heavy (non-hydrogen) atoms. The molecule has 1 nitrogen and oxygen atoms in total. The number of allylic oxidation sites excluding steroid dienone is 1. The van der Waals surface area contributed by atoms with Crippen LogP contribution < -0.4 is 0 Å². The molecule has 0 N–H and O–H groups in total. The van der Waals surface area contributed by atoms with Crippen molar-refractivity contribution in [3.8, 4) is 66.8 Å². The number of hydrogen-bond donors (Lipinski definition) is 0. The van der Waals surface area contributed by atoms with Crippen molar-refractivity contribution in [1.29, 1.82) is 0 Å². The van der Waals surface area contributed by atoms with Gasteiger partial charge in [0.25, 0.3) is 0 Å². The first-order chi connectivity index (χ1) is 35.3. The first kappa shape index (κ1) is 46.7. The molecule has 7 aromatic rings. The van der Waals surface area contributed by atoms with Crippen LogP contribution in [0.25, 0.3) is 66.8 Å². The molecule has 0 aromatic heterocycles. The standard InChI is InChI=1S/C72H74O/c1-8-69-38-12-40-70(9-2,41-13-39-69)72(69)64-44-55(52-18-14-48(5)15-19-52)27-31-60(64)61-33-29-57(46-65(61)72)56-28-32-59-58-30-26-54(43-62(58)71(63(59)45-56)67(6)34-10-36-68(71,7)37-11-35-67)53-24-22-51(23-25-53)50-20-16-49(17-21-50)42-66(73)47(3)4/h14-33,43-46H,3,8-13,34-42H2,1-2,4-7H3. The molecule has 2 spiro atoms. The van der Waals surface area contributed by atoms with Gasteiger partial charge in [-0.05, 0) is 224 Å². The highest BCUT2D eigenvalue weighted by molar-refractivity contribution is 5.96. The Morgan fingerprint density at radius 1 is 0.425 bits per heavy atom. The Morgan fingerprint density at radius 3 is 1.10 bits per heavy atom. The van der Waals surface area contributed by atoms with Crippen molar-refractivity contribution in [3.05, 3.63) is 191 Å². The maximum atomic E-state index is 12.4. The van der Waals surface area contributed by atoms with Crippen LogP contribution in [0.2, 0.25) is 0 Å². The van der Waals surface area contributed by atoms with Crippen molar-refractivity contribution in [2.45, 2.75) is 149 Å². The zero-order chi connectivity index (χ0) is 50.1. The fourth-order valence-electron chi connectivity index (χ4n) is 18.4. The highest BCUT2D eigenvalue weighted by Gasteiger charge is 2.69. The molecule has 0 atom stereocenters. The smallest absolute Gasteiger partial charge is 0.162 e. The Morgan fingerprint density at radius 2 is 0.726 bits per heavy atom. The summed E-state index contributed by atoms with van der Waals surface area (Å²) in [6.45, 7) is 18.3. The maximum Gasteiger partial charge on any atom is 0.162 e. The van der Waals surface area contributed by atoms with E-state index in [0.29, 0.717) is 12.0 Å². The largest absolute Gasteiger partial charge is 0.294 e. The maximum absolute atomic E-state index is 12.4. The number of ketones is 1. The average Bonchev–Trinajstić information content (AvgIpc) is 3.87. The Balaban J connectivity index is 0.939. The molecule has 6 aliphatic carbocycles. The molecular weight excluding hydrogens is 881 g/mol. The summed E-state index contributed by atoms with van der Waals surface area (Å²) in [5.41, 5.74) is 26.3. The second-order valence-corrected chi connectivity index (χ2v) is 24.9. The Hall–Kier alpha value is -6.05. The van der Waals surface area contributed by atoms with Crippen molar-refractivity contribution in [2.75, 3.05) is 0 Å². The fraction of sp³-hybridized carbons (Fsp3) is 0.375. The number of rotatable bonds is 9. The minimum Gasteiger partial charge on any atom is -0.294 e. The minimum atomic E-state index is -0.0834. The third-order valence-corrected chi connectivity index (χ3v) is 21.6. The molecule has 0 heterocycles. The van der Waals surface area contributed by atoms with Crippen LogP contribution in [-0.4, -0.2) is 5.78 Å². The lowest BCUT2D eigenvalue weighted by Gasteiger charge is -2.67. The molecule has 1 heteroatoms. The Kier molecular flexibility index (Phi) is 10.7. The average molecular weight is 955 g/mol. The summed E-state index contributed by atoms with van der Waals surface area (Å²) in [5, 5.41) is 0. The highest BCUT2D eigenvalue weighted by atomic mass is 16.1. The molecule has 0 amide bonds. The molecule has 0 radical (unpaired) electrons. The zero-order valence-corrected chi connectivity index (χ0v) is 44.6. The second-order valence-electron chi connectivity index (χ2n) is 24.9. The van der Waals surface area contributed by atoms with Gasteiger partial charge >= 0.3 is 0 Å². The molecule has 4 saturated carbocycles. The number of benzene rings is 7. The lowest BCUT2D eigenvalue weighted by Crippen LogP contribution is -2.61. The number of carbonyl (C=O) groups excluding carboxylic acids is 1. The number of Topliss-reactive ketones (excluding diaryl/α,β-unsaturated/α-hetero) is 1. The van der Waals surface area contributed by atoms with Crippen LogP contribution in [0.4, 0.5) is 0 Å². The van der Waals surface area contributed by atoms with E-state index in [2.05, 4.69) is 187 Å². The van der Waals surface area contributed by atoms with Crippen LogP contribution in [0, 0.1) is 28.6 Å². The topological polar surface area (TPSA) is 17.1 Å². The summed E-state index contributed by atoms with van der Waals surface area (Å²) < 4.78 is 0. The predicted octanol–water partition coefficient (Wildman–Crippen LogP) is 19.4. The van der Waals surface area contributed by atoms with Gasteiger partial charge < -0.3 is 0 Å². The van der Waals surface area contributed by atoms with E-state index in [-0.39, 0.29) is 38.3 Å². The van der Waals surface area contributed by atoms with Gasteiger partial charge in [0, 0.05) is 17.3 Å². The van der Waals surface area contributed by atoms with Gasteiger partial charge in [-0.2, -0.15) is 0 Å². The lowest BCUT2D eigenvalue weighted by atomic mass is 9.36. The van der Waals surface area contributed by atoms with Crippen LogP contribution in [0.5, 0.6) is 0 Å². The molecule has 4 bridgehead atoms. The number of aryl methyl sites for hydroxylation is 1. The fourth-order valence-corrected chi connectivity index (χ4v) is 18.4. The lowest BCUT2D eigenvalue weighted by molar-refractivity contribution is -0.114. The Labute approximate surface area is 436 Å². The Bertz CT molecular complexity index is 3320. The summed E-state index contributed by atoms with van der Waals surface area (Å²) in [6.07, 6.45) is 18.5. The molecule has 7 aromatic carbocycles. The van der Waals surface area contributed by atoms with Crippen LogP contribution in [0.15, 0.2) is 158 Å². The number of fused-ring (bicyclic) bond motifs is 6. The van der Waals surface area contributed by atoms with E-state index in [0.717, 1.165) is 5.56 Å². The quantitative estimate of drug-likeness (QED) is 0.132. The molecule has 0 unspecified atom stereocenters. The molecule has 4 fully saturated rings. The highest BCUT2D eigenvalue weighted by Crippen LogP contribution is 2.77. The van der Waals surface area contributed by atoms with Crippen LogP contribution in [-0.2, 0) is 22.0 Å². The molecule has 0 aliphatic heterocycles. The van der Waals surface area contributed by atoms with Gasteiger partial charge in [-0.3, -0.25) is 4.79 Å². The predicted molar refractivity (Wildman–Crippen MR) is 306 cm³/mol. The van der Waals surface area contributed by atoms with Gasteiger partial charge in [-0.25, -0.2) is 0 Å². The van der Waals surface area contributed by atoms with E-state index in [1.165, 1.54) is 162 Å². The van der Waals surface area contributed by atoms with Crippen molar-refractivity contribution in [3.63, 3.8) is 0 Å². The first-order valence-corrected chi connectivity index (χ1v) is 28.4. The van der Waals surface area contributed by atoms with E-state index in [1.807, 2.05) is 0 Å². The van der Waals surface area contributed by atoms with E-state index in [9.17, 15) is 4.79 Å². The van der Waals surface area contributed by atoms with Gasteiger partial charge in [0.05, 0.1) is 0 Å². The van der Waals surface area contributed by atoms with Crippen molar-refractivity contribution in [2.24, 2.45) is 21.7 Å². The molecule has 13 rings (SSSR count). The zero-order valence-electron chi connectivity index (χ0n) is 44.6. The van der Waals surface area contributed by atoms with Gasteiger partial charge in [0.1, 0.15) is 0 Å². The summed E-state index contributed by atoms with van der Waals surface area (Å²) in [5.74, 6) is 0.0966. The summed E-state index contributed by atoms with van der Waals surface area (Å²) in [7, 11) is 0. The number of carbonyl (C=O) groups is 1. The molecule has 0 saturated heterocycles. The van der Waals surface area contributed by atoms with E-state index in [1.54, 1.807) is 29.2 Å². The van der Waals surface area contributed by atoms with Crippen molar-refractivity contribution < 1.29 is 4.79 Å². The van der Waals surface area contributed by atoms with Gasteiger partial charge in [-0.15, -0.1) is 0 Å². The molecule has 368 valence electrons. The second kappa shape index (κ2) is 16.7. The van der Waals surface area contributed by atoms with Crippen LogP contribution >= 0.6 is 0 Å². The molecular formula is C72H74O. The van der Waals surface area contributed by atoms with E-state index in [4.69, 9.17) is 0 Å². The van der Waals surface area contributed by atoms with Gasteiger partial charge in [0.15, 0.2) is 5.78 Å². The normalized spacial score (nSPS) is 28.1. The number of hydrogen-bond acceptors (Lipinski definition) is 1. The third kappa shape index (κ3) is 6.36. The summed E-state index contributed by atoms with van der Waals surface area (Å²) in [6, 6.07) is 57.7. The summed E-state index contributed by atoms with van der Waals surface area (Å²) in [4.78, 5) is 12.4. The molecule has 6 aliphatic rings. The summed E-state index contributed by atoms with van der Waals surface area (Å²) >= 11 is 0. The monoisotopic (exact) mass is 955 g/mol. The third-order valence-electron chi connectivity index (χ3n) is 21.6. The van der Waals surface area contributed by atoms with Crippen LogP contribution in [0.1, 0.15) is 158 Å². The van der Waals surface area contributed by atoms with Crippen molar-refractivity contribution in [1.82, 2.24) is 0 Å². The van der Waals surface area contributed by atoms with Gasteiger partial charge in [0.2, 0.25) is 0 Å². The van der Waals surface area contributed by atoms with Gasteiger partial charge in [-0.1, -0.05) is 187 Å². The van der Waals surface area contributed by atoms with E-state index >= 15 is 0 Å². The minimum absolute atomic E-state index is 0.0254. The van der Waals surface area contributed by atoms with E-state index < -0.39 is 0 Å².